The fraction of sp³-hybridized carbons (Fsp3) is 0.781. The van der Waals surface area contributed by atoms with Crippen molar-refractivity contribution in [3.63, 3.8) is 0 Å². The number of nitrogens with zero attached hydrogens (tertiary/aromatic N) is 7. The molecule has 0 aromatic carbocycles. The van der Waals surface area contributed by atoms with Crippen LogP contribution in [0.15, 0.2) is 33.8 Å². The highest BCUT2D eigenvalue weighted by Gasteiger charge is 2.45. The number of halogens is 2. The molecule has 2 N–H and O–H groups in total. The number of fused-ring (bicyclic) bond motifs is 1. The Bertz CT molecular complexity index is 2650. The Morgan fingerprint density at radius 3 is 1.75 bits per heavy atom. The second-order valence-electron chi connectivity index (χ2n) is 27.4. The zero-order chi connectivity index (χ0) is 58.6. The van der Waals surface area contributed by atoms with Crippen molar-refractivity contribution in [3.8, 4) is 11.8 Å². The van der Waals surface area contributed by atoms with E-state index in [9.17, 15) is 28.0 Å². The molecule has 0 spiro atoms. The van der Waals surface area contributed by atoms with Crippen molar-refractivity contribution in [2.24, 2.45) is 24.3 Å². The summed E-state index contributed by atoms with van der Waals surface area (Å²) in [5, 5.41) is 7.31. The van der Waals surface area contributed by atoms with Crippen LogP contribution in [0.1, 0.15) is 117 Å². The zero-order valence-electron chi connectivity index (χ0n) is 51.0. The van der Waals surface area contributed by atoms with Gasteiger partial charge in [0.15, 0.2) is 5.78 Å². The van der Waals surface area contributed by atoms with E-state index in [1.54, 1.807) is 4.57 Å². The number of piperazine rings is 2. The minimum atomic E-state index is -0.745. The molecular weight excluding hydrogens is 1060 g/mol. The van der Waals surface area contributed by atoms with Gasteiger partial charge in [0, 0.05) is 138 Å². The third-order valence-electron chi connectivity index (χ3n) is 19.7. The summed E-state index contributed by atoms with van der Waals surface area (Å²) in [6, 6.07) is 2.72. The molecule has 2 saturated carbocycles. The second kappa shape index (κ2) is 27.4. The topological polar surface area (TPSA) is 154 Å². The molecule has 7 heterocycles. The van der Waals surface area contributed by atoms with Crippen molar-refractivity contribution >= 4 is 23.3 Å². The summed E-state index contributed by atoms with van der Waals surface area (Å²) >= 11 is 0. The monoisotopic (exact) mass is 1160 g/mol. The number of carbonyl (C=O) groups is 3. The molecule has 6 fully saturated rings. The smallest absolute Gasteiger partial charge is 0.253 e. The van der Waals surface area contributed by atoms with E-state index in [2.05, 4.69) is 83.6 Å². The van der Waals surface area contributed by atoms with E-state index in [1.807, 2.05) is 29.0 Å². The minimum absolute atomic E-state index is 0.00815. The summed E-state index contributed by atoms with van der Waals surface area (Å²) in [5.41, 5.74) is 4.55. The van der Waals surface area contributed by atoms with Gasteiger partial charge in [-0.2, -0.15) is 0 Å². The first-order valence-corrected chi connectivity index (χ1v) is 31.6. The predicted octanol–water partition coefficient (Wildman–Crippen LogP) is 4.78. The van der Waals surface area contributed by atoms with Gasteiger partial charge in [0.05, 0.1) is 63.1 Å². The number of allylic oxidation sites excluding steroid dienone is 2. The van der Waals surface area contributed by atoms with Gasteiger partial charge < -0.3 is 43.9 Å². The van der Waals surface area contributed by atoms with Crippen molar-refractivity contribution in [1.82, 2.24) is 39.7 Å². The predicted molar refractivity (Wildman–Crippen MR) is 317 cm³/mol. The summed E-state index contributed by atoms with van der Waals surface area (Å²) in [6.07, 6.45) is 7.40. The number of aromatic nitrogens is 1. The molecule has 0 bridgehead atoms. The van der Waals surface area contributed by atoms with Gasteiger partial charge in [-0.05, 0) is 113 Å². The molecule has 9 aliphatic rings. The van der Waals surface area contributed by atoms with E-state index < -0.39 is 12.3 Å². The lowest BCUT2D eigenvalue weighted by Crippen LogP contribution is -2.61. The number of hydrogen-bond donors (Lipinski definition) is 2. The average Bonchev–Trinajstić information content (AvgIpc) is 3.76. The van der Waals surface area contributed by atoms with E-state index >= 15 is 0 Å². The van der Waals surface area contributed by atoms with Gasteiger partial charge >= 0.3 is 0 Å². The number of alkyl halides is 2. The van der Waals surface area contributed by atoms with Crippen molar-refractivity contribution in [2.75, 3.05) is 136 Å². The number of rotatable bonds is 18. The van der Waals surface area contributed by atoms with Crippen LogP contribution >= 0.6 is 0 Å². The Morgan fingerprint density at radius 1 is 0.699 bits per heavy atom. The number of ketones is 1. The first kappa shape index (κ1) is 62.1. The lowest BCUT2D eigenvalue weighted by molar-refractivity contribution is -0.132. The van der Waals surface area contributed by atoms with Crippen LogP contribution in [0.2, 0.25) is 0 Å². The molecule has 17 nitrogen and oxygen atoms in total. The van der Waals surface area contributed by atoms with E-state index in [1.165, 1.54) is 0 Å². The van der Waals surface area contributed by atoms with Gasteiger partial charge in [-0.1, -0.05) is 39.5 Å². The normalized spacial score (nSPS) is 31.8. The van der Waals surface area contributed by atoms with E-state index in [0.717, 1.165) is 125 Å². The Hall–Kier alpha value is -3.94. The molecule has 83 heavy (non-hydrogen) atoms. The molecule has 6 atom stereocenters. The van der Waals surface area contributed by atoms with Crippen LogP contribution in [0.25, 0.3) is 0 Å². The van der Waals surface area contributed by atoms with Crippen molar-refractivity contribution in [3.05, 3.63) is 50.6 Å². The first-order valence-electron chi connectivity index (χ1n) is 31.6. The summed E-state index contributed by atoms with van der Waals surface area (Å²) in [7, 11) is 1.83. The summed E-state index contributed by atoms with van der Waals surface area (Å²) < 4.78 is 54.0. The molecule has 1 aromatic heterocycles. The Balaban J connectivity index is 0.644. The van der Waals surface area contributed by atoms with E-state index in [4.69, 9.17) is 18.9 Å². The second-order valence-corrected chi connectivity index (χ2v) is 27.4. The zero-order valence-corrected chi connectivity index (χ0v) is 51.0. The summed E-state index contributed by atoms with van der Waals surface area (Å²) in [5.74, 6) is 7.08. The van der Waals surface area contributed by atoms with Crippen LogP contribution in [0, 0.1) is 29.1 Å². The fourth-order valence-corrected chi connectivity index (χ4v) is 15.1. The standard InChI is InChI=1S/C64H97F2N9O8/c1-43-31-72(37-59(77)74-41-63(3,4)55-28-58(76)47(26-56(55)74)24-45-10-14-49(65)15-11-45)51(29-67-43)33-70-18-22-82-53(35-70)39-80-20-8-9-21-81-40-54-36-71(19-23-83-54)34-52-30-68-44(2)32-73(52)38-60(78)75-42-64(5,6)61-57(75)27-48(62(79)69(61)7)25-46-12-16-50(66)17-13-46/h26-27,43-46,49-54,67-68H,10-25,28-42H2,1-7H3/t43-,44-,45?,46?,49?,50?,51?,52?,53+,54+/m1/s1. The molecule has 0 radical (unpaired) electrons. The van der Waals surface area contributed by atoms with Gasteiger partial charge in [-0.15, -0.1) is 0 Å². The van der Waals surface area contributed by atoms with Gasteiger partial charge in [-0.3, -0.25) is 38.8 Å². The molecule has 3 aliphatic carbocycles. The van der Waals surface area contributed by atoms with Gasteiger partial charge in [-0.25, -0.2) is 8.78 Å². The van der Waals surface area contributed by atoms with E-state index in [-0.39, 0.29) is 96.0 Å². The minimum Gasteiger partial charge on any atom is -0.373 e. The maximum Gasteiger partial charge on any atom is 0.253 e. The highest BCUT2D eigenvalue weighted by Crippen LogP contribution is 2.46. The first-order chi connectivity index (χ1) is 39.8. The lowest BCUT2D eigenvalue weighted by atomic mass is 9.77. The number of Topliss-reactive ketones (excluding diaryl/α,β-unsaturated/α-hetero) is 1. The molecule has 4 saturated heterocycles. The quantitative estimate of drug-likeness (QED) is 0.153. The number of ether oxygens (including phenoxy) is 4. The summed E-state index contributed by atoms with van der Waals surface area (Å²) in [6.45, 7) is 24.8. The van der Waals surface area contributed by atoms with Gasteiger partial charge in [0.1, 0.15) is 25.6 Å². The molecule has 2 amide bonds. The Morgan fingerprint density at radius 2 is 1.20 bits per heavy atom. The number of hydrogen-bond acceptors (Lipinski definition) is 14. The molecule has 6 aliphatic heterocycles. The largest absolute Gasteiger partial charge is 0.373 e. The molecular formula is C64H97F2N9O8. The average molecular weight is 1160 g/mol. The van der Waals surface area contributed by atoms with Crippen molar-refractivity contribution in [1.29, 1.82) is 0 Å². The maximum absolute atomic E-state index is 14.5. The Kier molecular flexibility index (Phi) is 20.5. The van der Waals surface area contributed by atoms with Crippen LogP contribution in [0.4, 0.5) is 14.5 Å². The van der Waals surface area contributed by atoms with Crippen LogP contribution in [-0.4, -0.2) is 227 Å². The number of pyridine rings is 1. The van der Waals surface area contributed by atoms with Crippen molar-refractivity contribution in [2.45, 2.75) is 166 Å². The summed E-state index contributed by atoms with van der Waals surface area (Å²) in [4.78, 5) is 69.3. The third-order valence-corrected chi connectivity index (χ3v) is 19.7. The number of carbonyl (C=O) groups excluding carboxylic acids is 3. The van der Waals surface area contributed by atoms with Crippen LogP contribution < -0.4 is 21.1 Å². The lowest BCUT2D eigenvalue weighted by Gasteiger charge is -2.43. The molecule has 1 aromatic rings. The Labute approximate surface area is 492 Å². The van der Waals surface area contributed by atoms with Crippen LogP contribution in [-0.2, 0) is 52.2 Å². The van der Waals surface area contributed by atoms with Crippen LogP contribution in [0.5, 0.6) is 0 Å². The number of nitrogens with one attached hydrogen (secondary N) is 2. The molecule has 2 unspecified atom stereocenters. The van der Waals surface area contributed by atoms with Crippen LogP contribution in [0.3, 0.4) is 0 Å². The van der Waals surface area contributed by atoms with Gasteiger partial charge in [0.2, 0.25) is 11.8 Å². The molecule has 19 heteroatoms. The van der Waals surface area contributed by atoms with Crippen molar-refractivity contribution < 1.29 is 42.1 Å². The number of anilines is 1. The number of morpholine rings is 2. The highest BCUT2D eigenvalue weighted by atomic mass is 19.1. The molecule has 460 valence electrons. The SMILES string of the molecule is C[C@@H]1CN(CC(=O)N2CC(C)(C)C3=C2C=C(CC2CCC(F)CC2)C(=O)C3)C(CN2CCO[C@H](COCC#CCOC[C@@H]3CN(CC4CN[C@H](C)CN4CC(=O)N4CC(C)(C)c5c4cc(CC4CCC(F)CC4)c(=O)n5C)CCO3)C2)CN1. The third kappa shape index (κ3) is 15.4. The maximum atomic E-state index is 14.5. The highest BCUT2D eigenvalue weighted by molar-refractivity contribution is 6.00. The fourth-order valence-electron chi connectivity index (χ4n) is 15.1. The molecule has 10 rings (SSSR count). The number of amides is 2. The van der Waals surface area contributed by atoms with Gasteiger partial charge in [0.25, 0.3) is 5.56 Å². The van der Waals surface area contributed by atoms with E-state index in [0.29, 0.717) is 96.9 Å².